The smallest absolute Gasteiger partial charge is 0.343 e. The maximum Gasteiger partial charge on any atom is 0.343 e. The standard InChI is InChI=1S/C29H31N3O2/c1-2-3-4-5-21-6-10-23(11-7-21)26-19-31-28(32-20-26)24-14-16-27(17-15-24)34-29(33)25-12-8-22(18-30)9-13-25/h8-9,12-17,19-21,23H,2-7,10-11H2,1H3. The van der Waals surface area contributed by atoms with E-state index in [1.165, 1.54) is 56.9 Å². The van der Waals surface area contributed by atoms with Crippen molar-refractivity contribution in [2.45, 2.75) is 64.2 Å². The number of nitrogens with zero attached hydrogens (tertiary/aromatic N) is 3. The van der Waals surface area contributed by atoms with Crippen LogP contribution in [0.2, 0.25) is 0 Å². The molecular weight excluding hydrogens is 422 g/mol. The number of hydrogen-bond donors (Lipinski definition) is 0. The van der Waals surface area contributed by atoms with Crippen LogP contribution in [-0.2, 0) is 0 Å². The average molecular weight is 454 g/mol. The number of esters is 1. The van der Waals surface area contributed by atoms with Gasteiger partial charge in [-0.15, -0.1) is 0 Å². The van der Waals surface area contributed by atoms with E-state index in [-0.39, 0.29) is 0 Å². The van der Waals surface area contributed by atoms with Gasteiger partial charge < -0.3 is 4.74 Å². The third-order valence-corrected chi connectivity index (χ3v) is 6.78. The first-order chi connectivity index (χ1) is 16.7. The molecule has 1 heterocycles. The predicted octanol–water partition coefficient (Wildman–Crippen LogP) is 7.09. The summed E-state index contributed by atoms with van der Waals surface area (Å²) in [6, 6.07) is 15.6. The van der Waals surface area contributed by atoms with Crippen molar-refractivity contribution >= 4 is 5.97 Å². The van der Waals surface area contributed by atoms with Gasteiger partial charge in [0.25, 0.3) is 0 Å². The second kappa shape index (κ2) is 11.6. The Morgan fingerprint density at radius 1 is 0.971 bits per heavy atom. The fraction of sp³-hybridized carbons (Fsp3) is 0.379. The van der Waals surface area contributed by atoms with Crippen molar-refractivity contribution < 1.29 is 9.53 Å². The van der Waals surface area contributed by atoms with Crippen LogP contribution in [0.3, 0.4) is 0 Å². The molecule has 0 atom stereocenters. The SMILES string of the molecule is CCCCCC1CCC(c2cnc(-c3ccc(OC(=O)c4ccc(C#N)cc4)cc3)nc2)CC1. The third kappa shape index (κ3) is 6.08. The summed E-state index contributed by atoms with van der Waals surface area (Å²) in [6.07, 6.45) is 14.5. The number of carbonyl (C=O) groups is 1. The summed E-state index contributed by atoms with van der Waals surface area (Å²) in [6.45, 7) is 2.27. The van der Waals surface area contributed by atoms with Gasteiger partial charge >= 0.3 is 5.97 Å². The Bertz CT molecular complexity index is 1110. The molecule has 1 aromatic heterocycles. The van der Waals surface area contributed by atoms with E-state index in [9.17, 15) is 4.79 Å². The minimum absolute atomic E-state index is 0.400. The lowest BCUT2D eigenvalue weighted by Crippen LogP contribution is -2.14. The summed E-state index contributed by atoms with van der Waals surface area (Å²) in [7, 11) is 0. The van der Waals surface area contributed by atoms with Gasteiger partial charge in [-0.05, 0) is 91.6 Å². The van der Waals surface area contributed by atoms with Crippen LogP contribution in [0.4, 0.5) is 0 Å². The highest BCUT2D eigenvalue weighted by Gasteiger charge is 2.22. The van der Waals surface area contributed by atoms with E-state index in [0.717, 1.165) is 11.5 Å². The van der Waals surface area contributed by atoms with Gasteiger partial charge in [-0.1, -0.05) is 32.6 Å². The molecule has 5 heteroatoms. The summed E-state index contributed by atoms with van der Waals surface area (Å²) >= 11 is 0. The van der Waals surface area contributed by atoms with Gasteiger partial charge in [-0.2, -0.15) is 5.26 Å². The predicted molar refractivity (Wildman–Crippen MR) is 132 cm³/mol. The molecule has 174 valence electrons. The van der Waals surface area contributed by atoms with Crippen molar-refractivity contribution in [1.82, 2.24) is 9.97 Å². The quantitative estimate of drug-likeness (QED) is 0.207. The summed E-state index contributed by atoms with van der Waals surface area (Å²) < 4.78 is 5.44. The molecule has 0 amide bonds. The van der Waals surface area contributed by atoms with E-state index >= 15 is 0 Å². The molecule has 1 aliphatic carbocycles. The fourth-order valence-electron chi connectivity index (χ4n) is 4.68. The molecule has 0 N–H and O–H groups in total. The fourth-order valence-corrected chi connectivity index (χ4v) is 4.68. The van der Waals surface area contributed by atoms with Gasteiger partial charge in [0.2, 0.25) is 0 Å². The molecule has 3 aromatic rings. The van der Waals surface area contributed by atoms with Crippen LogP contribution >= 0.6 is 0 Å². The highest BCUT2D eigenvalue weighted by atomic mass is 16.5. The van der Waals surface area contributed by atoms with Gasteiger partial charge in [0, 0.05) is 18.0 Å². The molecule has 1 aliphatic rings. The number of rotatable bonds is 8. The van der Waals surface area contributed by atoms with E-state index < -0.39 is 5.97 Å². The van der Waals surface area contributed by atoms with Gasteiger partial charge in [0.05, 0.1) is 17.2 Å². The highest BCUT2D eigenvalue weighted by Crippen LogP contribution is 2.37. The second-order valence-electron chi connectivity index (χ2n) is 9.16. The van der Waals surface area contributed by atoms with Crippen LogP contribution < -0.4 is 4.74 Å². The van der Waals surface area contributed by atoms with Crippen molar-refractivity contribution in [1.29, 1.82) is 5.26 Å². The number of ether oxygens (including phenoxy) is 1. The summed E-state index contributed by atoms with van der Waals surface area (Å²) in [5.74, 6) is 2.12. The number of benzene rings is 2. The van der Waals surface area contributed by atoms with Gasteiger partial charge in [0.1, 0.15) is 5.75 Å². The Balaban J connectivity index is 1.32. The van der Waals surface area contributed by atoms with Crippen molar-refractivity contribution in [3.8, 4) is 23.2 Å². The number of nitriles is 1. The maximum atomic E-state index is 12.3. The molecule has 0 unspecified atom stereocenters. The van der Waals surface area contributed by atoms with Gasteiger partial charge in [-0.3, -0.25) is 0 Å². The lowest BCUT2D eigenvalue weighted by molar-refractivity contribution is 0.0735. The number of unbranched alkanes of at least 4 members (excludes halogenated alkanes) is 2. The van der Waals surface area contributed by atoms with Crippen LogP contribution in [0.1, 0.15) is 85.7 Å². The van der Waals surface area contributed by atoms with Crippen LogP contribution in [0.25, 0.3) is 11.4 Å². The van der Waals surface area contributed by atoms with Crippen molar-refractivity contribution in [2.75, 3.05) is 0 Å². The Morgan fingerprint density at radius 2 is 1.65 bits per heavy atom. The summed E-state index contributed by atoms with van der Waals surface area (Å²) in [5.41, 5.74) is 3.02. The largest absolute Gasteiger partial charge is 0.423 e. The normalized spacial score (nSPS) is 17.6. The molecule has 0 saturated heterocycles. The topological polar surface area (TPSA) is 75.9 Å². The minimum atomic E-state index is -0.460. The van der Waals surface area contributed by atoms with E-state index in [1.54, 1.807) is 36.4 Å². The first-order valence-corrected chi connectivity index (χ1v) is 12.3. The van der Waals surface area contributed by atoms with E-state index in [2.05, 4.69) is 16.9 Å². The molecule has 34 heavy (non-hydrogen) atoms. The number of aromatic nitrogens is 2. The van der Waals surface area contributed by atoms with E-state index in [1.807, 2.05) is 30.6 Å². The zero-order valence-electron chi connectivity index (χ0n) is 19.7. The van der Waals surface area contributed by atoms with Crippen LogP contribution in [-0.4, -0.2) is 15.9 Å². The monoisotopic (exact) mass is 453 g/mol. The molecule has 0 bridgehead atoms. The van der Waals surface area contributed by atoms with Crippen molar-refractivity contribution in [3.63, 3.8) is 0 Å². The Labute approximate surface area is 201 Å². The third-order valence-electron chi connectivity index (χ3n) is 6.78. The van der Waals surface area contributed by atoms with Crippen molar-refractivity contribution in [3.05, 3.63) is 77.6 Å². The average Bonchev–Trinajstić information content (AvgIpc) is 2.90. The van der Waals surface area contributed by atoms with Gasteiger partial charge in [-0.25, -0.2) is 14.8 Å². The molecule has 5 nitrogen and oxygen atoms in total. The molecule has 2 aromatic carbocycles. The number of hydrogen-bond acceptors (Lipinski definition) is 5. The Morgan fingerprint density at radius 3 is 2.26 bits per heavy atom. The molecule has 1 saturated carbocycles. The van der Waals surface area contributed by atoms with E-state index in [4.69, 9.17) is 10.00 Å². The Kier molecular flexibility index (Phi) is 8.04. The molecule has 0 radical (unpaired) electrons. The summed E-state index contributed by atoms with van der Waals surface area (Å²) in [4.78, 5) is 21.5. The molecule has 4 rings (SSSR count). The number of carbonyl (C=O) groups excluding carboxylic acids is 1. The highest BCUT2D eigenvalue weighted by molar-refractivity contribution is 5.91. The first-order valence-electron chi connectivity index (χ1n) is 12.3. The first kappa shape index (κ1) is 23.6. The molecule has 0 aliphatic heterocycles. The van der Waals surface area contributed by atoms with Crippen LogP contribution in [0, 0.1) is 17.2 Å². The van der Waals surface area contributed by atoms with Crippen molar-refractivity contribution in [2.24, 2.45) is 5.92 Å². The molecule has 1 fully saturated rings. The van der Waals surface area contributed by atoms with Crippen LogP contribution in [0.15, 0.2) is 60.9 Å². The Hall–Kier alpha value is -3.52. The van der Waals surface area contributed by atoms with Gasteiger partial charge in [0.15, 0.2) is 5.82 Å². The molecular formula is C29H31N3O2. The second-order valence-corrected chi connectivity index (χ2v) is 9.16. The summed E-state index contributed by atoms with van der Waals surface area (Å²) in [5, 5.41) is 8.87. The maximum absolute atomic E-state index is 12.3. The molecule has 0 spiro atoms. The zero-order valence-corrected chi connectivity index (χ0v) is 19.7. The minimum Gasteiger partial charge on any atom is -0.423 e. The zero-order chi connectivity index (χ0) is 23.8. The van der Waals surface area contributed by atoms with E-state index in [0.29, 0.717) is 28.6 Å². The lowest BCUT2D eigenvalue weighted by atomic mass is 9.77. The lowest BCUT2D eigenvalue weighted by Gasteiger charge is -2.28. The van der Waals surface area contributed by atoms with Crippen LogP contribution in [0.5, 0.6) is 5.75 Å².